The number of nitrogens with two attached hydrogens (primary N) is 2. The second kappa shape index (κ2) is 14.6. The van der Waals surface area contributed by atoms with Crippen LogP contribution in [0.1, 0.15) is 128 Å². The Morgan fingerprint density at radius 2 is 0.625 bits per heavy atom. The largest absolute Gasteiger partial charge is 0.322 e. The molecule has 0 radical (unpaired) electrons. The first-order chi connectivity index (χ1) is 18.0. The van der Waals surface area contributed by atoms with Crippen molar-refractivity contribution in [2.24, 2.45) is 11.5 Å². The molecule has 222 valence electrons. The van der Waals surface area contributed by atoms with E-state index in [-0.39, 0.29) is 19.7 Å². The van der Waals surface area contributed by atoms with Gasteiger partial charge in [-0.1, -0.05) is 132 Å². The second-order valence-electron chi connectivity index (χ2n) is 13.5. The van der Waals surface area contributed by atoms with E-state index < -0.39 is 0 Å². The SMILES string of the molecule is CC(C)(Br)c1ccc(C(C)(C)Br)cc1.CC(C)(N)c1ccc(C(C)(C)N)cc1.CC(C)c1ccc(C(C)C)cc1. The van der Waals surface area contributed by atoms with Crippen LogP contribution in [0.3, 0.4) is 0 Å². The minimum Gasteiger partial charge on any atom is -0.322 e. The van der Waals surface area contributed by atoms with Crippen LogP contribution in [0.2, 0.25) is 0 Å². The molecular formula is C36H54Br2N2. The van der Waals surface area contributed by atoms with E-state index in [0.29, 0.717) is 11.8 Å². The molecular weight excluding hydrogens is 620 g/mol. The van der Waals surface area contributed by atoms with Crippen molar-refractivity contribution in [2.45, 2.75) is 115 Å². The number of benzene rings is 3. The monoisotopic (exact) mass is 672 g/mol. The standard InChI is InChI=1S/C12H16Br2.C12H20N2.C12H18/c2*1-11(2,13)9-5-7-10(8-6-9)12(3,4)14;1-9(2)11-5-7-12(8-6-11)10(3)4/h5-8H,1-4H3;5-8H,13-14H2,1-4H3;5-10H,1-4H3. The van der Waals surface area contributed by atoms with E-state index in [4.69, 9.17) is 11.5 Å². The zero-order valence-electron chi connectivity index (χ0n) is 27.0. The number of hydrogen-bond acceptors (Lipinski definition) is 2. The maximum absolute atomic E-state index is 5.98. The molecule has 0 aromatic heterocycles. The lowest BCUT2D eigenvalue weighted by Crippen LogP contribution is -2.30. The molecule has 0 heterocycles. The molecule has 0 unspecified atom stereocenters. The number of alkyl halides is 2. The van der Waals surface area contributed by atoms with Crippen molar-refractivity contribution in [1.29, 1.82) is 0 Å². The van der Waals surface area contributed by atoms with Crippen LogP contribution >= 0.6 is 31.9 Å². The van der Waals surface area contributed by atoms with Crippen LogP contribution in [0.25, 0.3) is 0 Å². The van der Waals surface area contributed by atoms with E-state index in [9.17, 15) is 0 Å². The van der Waals surface area contributed by atoms with E-state index in [1.165, 1.54) is 22.3 Å². The summed E-state index contributed by atoms with van der Waals surface area (Å²) >= 11 is 7.30. The van der Waals surface area contributed by atoms with Gasteiger partial charge in [-0.3, -0.25) is 0 Å². The average Bonchev–Trinajstić information content (AvgIpc) is 2.83. The lowest BCUT2D eigenvalue weighted by Gasteiger charge is -2.23. The fraction of sp³-hybridized carbons (Fsp3) is 0.500. The summed E-state index contributed by atoms with van der Waals surface area (Å²) < 4.78 is 0.115. The topological polar surface area (TPSA) is 52.0 Å². The molecule has 4 heteroatoms. The van der Waals surface area contributed by atoms with E-state index in [2.05, 4.69) is 136 Å². The third-order valence-corrected chi connectivity index (χ3v) is 7.82. The highest BCUT2D eigenvalue weighted by Gasteiger charge is 2.19. The summed E-state index contributed by atoms with van der Waals surface area (Å²) in [5, 5.41) is 0. The van der Waals surface area contributed by atoms with Gasteiger partial charge in [0.15, 0.2) is 0 Å². The number of halogens is 2. The Bertz CT molecular complexity index is 972. The van der Waals surface area contributed by atoms with E-state index in [0.717, 1.165) is 11.1 Å². The van der Waals surface area contributed by atoms with Gasteiger partial charge in [0.05, 0.1) is 0 Å². The maximum atomic E-state index is 5.98. The predicted octanol–water partition coefficient (Wildman–Crippen LogP) is 11.0. The maximum Gasteiger partial charge on any atom is 0.0449 e. The molecule has 0 bridgehead atoms. The predicted molar refractivity (Wildman–Crippen MR) is 186 cm³/mol. The Morgan fingerprint density at radius 1 is 0.425 bits per heavy atom. The second-order valence-corrected chi connectivity index (χ2v) is 17.5. The molecule has 3 rings (SSSR count). The molecule has 0 saturated heterocycles. The van der Waals surface area contributed by atoms with E-state index >= 15 is 0 Å². The highest BCUT2D eigenvalue weighted by atomic mass is 79.9. The summed E-state index contributed by atoms with van der Waals surface area (Å²) in [5.74, 6) is 1.29. The fourth-order valence-electron chi connectivity index (χ4n) is 3.86. The molecule has 0 spiro atoms. The molecule has 0 aliphatic carbocycles. The van der Waals surface area contributed by atoms with Crippen LogP contribution in [-0.2, 0) is 19.7 Å². The van der Waals surface area contributed by atoms with Crippen LogP contribution in [0, 0.1) is 0 Å². The molecule has 2 nitrogen and oxygen atoms in total. The highest BCUT2D eigenvalue weighted by molar-refractivity contribution is 9.09. The van der Waals surface area contributed by atoms with Gasteiger partial charge in [-0.05, 0) is 101 Å². The van der Waals surface area contributed by atoms with Crippen molar-refractivity contribution in [3.8, 4) is 0 Å². The van der Waals surface area contributed by atoms with Gasteiger partial charge < -0.3 is 11.5 Å². The van der Waals surface area contributed by atoms with E-state index in [1.54, 1.807) is 0 Å². The zero-order chi connectivity index (χ0) is 31.1. The van der Waals surface area contributed by atoms with Crippen LogP contribution in [0.4, 0.5) is 0 Å². The molecule has 0 aliphatic heterocycles. The van der Waals surface area contributed by atoms with Crippen LogP contribution < -0.4 is 11.5 Å². The van der Waals surface area contributed by atoms with Gasteiger partial charge in [0, 0.05) is 19.7 Å². The van der Waals surface area contributed by atoms with Crippen molar-refractivity contribution in [1.82, 2.24) is 0 Å². The van der Waals surface area contributed by atoms with Crippen molar-refractivity contribution in [3.05, 3.63) is 106 Å². The normalized spacial score (nSPS) is 12.4. The van der Waals surface area contributed by atoms with Crippen molar-refractivity contribution in [2.75, 3.05) is 0 Å². The Morgan fingerprint density at radius 3 is 0.775 bits per heavy atom. The molecule has 4 N–H and O–H groups in total. The van der Waals surface area contributed by atoms with Crippen LogP contribution in [-0.4, -0.2) is 0 Å². The fourth-order valence-corrected chi connectivity index (χ4v) is 4.39. The number of rotatable bonds is 6. The Labute approximate surface area is 263 Å². The Balaban J connectivity index is 0.000000301. The molecule has 0 aliphatic rings. The first kappa shape index (κ1) is 36.6. The molecule has 0 saturated carbocycles. The average molecular weight is 675 g/mol. The Kier molecular flexibility index (Phi) is 13.4. The van der Waals surface area contributed by atoms with Gasteiger partial charge in [0.2, 0.25) is 0 Å². The van der Waals surface area contributed by atoms with Crippen molar-refractivity contribution >= 4 is 31.9 Å². The summed E-state index contributed by atoms with van der Waals surface area (Å²) in [6.45, 7) is 25.5. The minimum atomic E-state index is -0.280. The lowest BCUT2D eigenvalue weighted by molar-refractivity contribution is 0.542. The van der Waals surface area contributed by atoms with Crippen molar-refractivity contribution in [3.63, 3.8) is 0 Å². The molecule has 40 heavy (non-hydrogen) atoms. The molecule has 0 fully saturated rings. The summed E-state index contributed by atoms with van der Waals surface area (Å²) in [4.78, 5) is 0. The van der Waals surface area contributed by atoms with Crippen LogP contribution in [0.5, 0.6) is 0 Å². The summed E-state index contributed by atoms with van der Waals surface area (Å²) in [6, 6.07) is 25.8. The number of hydrogen-bond donors (Lipinski definition) is 2. The van der Waals surface area contributed by atoms with Gasteiger partial charge in [-0.2, -0.15) is 0 Å². The van der Waals surface area contributed by atoms with Gasteiger partial charge >= 0.3 is 0 Å². The molecule has 0 atom stereocenters. The molecule has 0 amide bonds. The first-order valence-corrected chi connectivity index (χ1v) is 15.9. The molecule has 3 aromatic rings. The van der Waals surface area contributed by atoms with Crippen molar-refractivity contribution < 1.29 is 0 Å². The van der Waals surface area contributed by atoms with Crippen LogP contribution in [0.15, 0.2) is 72.8 Å². The summed E-state index contributed by atoms with van der Waals surface area (Å²) in [5.41, 5.74) is 19.1. The lowest BCUT2D eigenvalue weighted by atomic mass is 9.90. The summed E-state index contributed by atoms with van der Waals surface area (Å²) in [6.07, 6.45) is 0. The zero-order valence-corrected chi connectivity index (χ0v) is 30.2. The third kappa shape index (κ3) is 12.6. The first-order valence-electron chi connectivity index (χ1n) is 14.3. The van der Waals surface area contributed by atoms with Gasteiger partial charge in [-0.15, -0.1) is 0 Å². The smallest absolute Gasteiger partial charge is 0.0449 e. The van der Waals surface area contributed by atoms with Gasteiger partial charge in [-0.25, -0.2) is 0 Å². The highest BCUT2D eigenvalue weighted by Crippen LogP contribution is 2.34. The van der Waals surface area contributed by atoms with Gasteiger partial charge in [0.1, 0.15) is 0 Å². The minimum absolute atomic E-state index is 0.0575. The molecule has 3 aromatic carbocycles. The third-order valence-electron chi connectivity index (χ3n) is 6.90. The quantitative estimate of drug-likeness (QED) is 0.256. The van der Waals surface area contributed by atoms with E-state index in [1.807, 2.05) is 52.0 Å². The Hall–Kier alpha value is -1.46. The summed E-state index contributed by atoms with van der Waals surface area (Å²) in [7, 11) is 0. The van der Waals surface area contributed by atoms with Gasteiger partial charge in [0.25, 0.3) is 0 Å².